The molecule has 0 saturated carbocycles. The Kier molecular flexibility index (Phi) is 4.35. The Hall–Kier alpha value is -2.39. The van der Waals surface area contributed by atoms with Crippen LogP contribution in [-0.2, 0) is 18.0 Å². The van der Waals surface area contributed by atoms with Crippen molar-refractivity contribution in [1.29, 1.82) is 0 Å². The molecule has 0 spiro atoms. The van der Waals surface area contributed by atoms with Gasteiger partial charge in [0.1, 0.15) is 12.4 Å². The van der Waals surface area contributed by atoms with Gasteiger partial charge in [-0.05, 0) is 31.2 Å². The van der Waals surface area contributed by atoms with Gasteiger partial charge in [-0.3, -0.25) is 4.98 Å². The van der Waals surface area contributed by atoms with Crippen LogP contribution in [0.25, 0.3) is 10.9 Å². The largest absolute Gasteiger partial charge is 0.489 e. The molecule has 0 aliphatic heterocycles. The minimum Gasteiger partial charge on any atom is -0.489 e. The summed E-state index contributed by atoms with van der Waals surface area (Å²) in [5.74, 6) is 0.875. The number of aryl methyl sites for hydroxylation is 1. The van der Waals surface area contributed by atoms with Crippen LogP contribution in [0.1, 0.15) is 16.8 Å². The zero-order chi connectivity index (χ0) is 15.4. The van der Waals surface area contributed by atoms with Gasteiger partial charge in [-0.15, -0.1) is 0 Å². The number of rotatable bonds is 5. The van der Waals surface area contributed by atoms with Crippen molar-refractivity contribution < 1.29 is 9.47 Å². The molecule has 0 bridgehead atoms. The van der Waals surface area contributed by atoms with E-state index in [1.54, 1.807) is 7.11 Å². The lowest BCUT2D eigenvalue weighted by Crippen LogP contribution is -2.01. The highest BCUT2D eigenvalue weighted by Crippen LogP contribution is 2.21. The van der Waals surface area contributed by atoms with E-state index in [1.807, 2.05) is 30.3 Å². The van der Waals surface area contributed by atoms with Gasteiger partial charge in [-0.2, -0.15) is 0 Å². The number of fused-ring (bicyclic) bond motifs is 1. The normalized spacial score (nSPS) is 10.8. The highest BCUT2D eigenvalue weighted by Gasteiger charge is 2.06. The maximum Gasteiger partial charge on any atom is 0.119 e. The third-order valence-electron chi connectivity index (χ3n) is 3.56. The van der Waals surface area contributed by atoms with E-state index in [1.165, 1.54) is 5.56 Å². The molecule has 2 aromatic carbocycles. The van der Waals surface area contributed by atoms with Crippen molar-refractivity contribution in [2.45, 2.75) is 20.1 Å². The molecule has 0 amide bonds. The molecule has 0 aliphatic carbocycles. The fourth-order valence-corrected chi connectivity index (χ4v) is 2.45. The number of benzene rings is 2. The Morgan fingerprint density at radius 1 is 0.955 bits per heavy atom. The molecule has 3 aromatic rings. The summed E-state index contributed by atoms with van der Waals surface area (Å²) in [4.78, 5) is 4.61. The summed E-state index contributed by atoms with van der Waals surface area (Å²) in [5.41, 5.74) is 4.24. The summed E-state index contributed by atoms with van der Waals surface area (Å²) >= 11 is 0. The van der Waals surface area contributed by atoms with Crippen LogP contribution in [0.3, 0.4) is 0 Å². The standard InChI is InChI=1S/C19H19NO2/c1-14-7-9-17(10-8-14)22-12-15-11-16(13-21-2)20-19-6-4-3-5-18(15)19/h3-11H,12-13H2,1-2H3. The number of para-hydroxylation sites is 1. The van der Waals surface area contributed by atoms with Gasteiger partial charge in [0, 0.05) is 18.1 Å². The number of hydrogen-bond acceptors (Lipinski definition) is 3. The molecule has 3 rings (SSSR count). The maximum absolute atomic E-state index is 5.92. The topological polar surface area (TPSA) is 31.4 Å². The van der Waals surface area contributed by atoms with Crippen LogP contribution in [0.15, 0.2) is 54.6 Å². The molecule has 3 heteroatoms. The lowest BCUT2D eigenvalue weighted by Gasteiger charge is -2.11. The quantitative estimate of drug-likeness (QED) is 0.704. The van der Waals surface area contributed by atoms with Gasteiger partial charge in [0.25, 0.3) is 0 Å². The Morgan fingerprint density at radius 3 is 2.50 bits per heavy atom. The van der Waals surface area contributed by atoms with Crippen molar-refractivity contribution in [3.05, 3.63) is 71.4 Å². The summed E-state index contributed by atoms with van der Waals surface area (Å²) in [5, 5.41) is 1.12. The van der Waals surface area contributed by atoms with E-state index in [9.17, 15) is 0 Å². The summed E-state index contributed by atoms with van der Waals surface area (Å²) in [6.45, 7) is 3.09. The molecule has 0 unspecified atom stereocenters. The van der Waals surface area contributed by atoms with E-state index in [2.05, 4.69) is 36.2 Å². The van der Waals surface area contributed by atoms with Gasteiger partial charge in [0.2, 0.25) is 0 Å². The Labute approximate surface area is 130 Å². The Morgan fingerprint density at radius 2 is 1.73 bits per heavy atom. The van der Waals surface area contributed by atoms with E-state index >= 15 is 0 Å². The van der Waals surface area contributed by atoms with Crippen molar-refractivity contribution in [3.63, 3.8) is 0 Å². The lowest BCUT2D eigenvalue weighted by molar-refractivity contribution is 0.181. The number of nitrogens with zero attached hydrogens (tertiary/aromatic N) is 1. The minimum atomic E-state index is 0.502. The summed E-state index contributed by atoms with van der Waals surface area (Å²) in [7, 11) is 1.68. The third-order valence-corrected chi connectivity index (χ3v) is 3.56. The monoisotopic (exact) mass is 293 g/mol. The van der Waals surface area contributed by atoms with Gasteiger partial charge < -0.3 is 9.47 Å². The first kappa shape index (κ1) is 14.5. The lowest BCUT2D eigenvalue weighted by atomic mass is 10.1. The van der Waals surface area contributed by atoms with Crippen molar-refractivity contribution >= 4 is 10.9 Å². The molecular weight excluding hydrogens is 274 g/mol. The summed E-state index contributed by atoms with van der Waals surface area (Å²) in [6, 6.07) is 18.3. The van der Waals surface area contributed by atoms with E-state index in [4.69, 9.17) is 9.47 Å². The minimum absolute atomic E-state index is 0.502. The second kappa shape index (κ2) is 6.58. The molecule has 0 atom stereocenters. The molecule has 0 radical (unpaired) electrons. The van der Waals surface area contributed by atoms with Gasteiger partial charge in [0.15, 0.2) is 0 Å². The van der Waals surface area contributed by atoms with Gasteiger partial charge in [-0.1, -0.05) is 35.9 Å². The van der Waals surface area contributed by atoms with E-state index in [-0.39, 0.29) is 0 Å². The van der Waals surface area contributed by atoms with Crippen LogP contribution in [0.2, 0.25) is 0 Å². The van der Waals surface area contributed by atoms with Crippen LogP contribution in [0.5, 0.6) is 5.75 Å². The average molecular weight is 293 g/mol. The molecular formula is C19H19NO2. The van der Waals surface area contributed by atoms with Crippen molar-refractivity contribution in [2.75, 3.05) is 7.11 Å². The summed E-state index contributed by atoms with van der Waals surface area (Å²) < 4.78 is 11.1. The van der Waals surface area contributed by atoms with Crippen molar-refractivity contribution in [1.82, 2.24) is 4.98 Å². The zero-order valence-corrected chi connectivity index (χ0v) is 12.9. The molecule has 1 aromatic heterocycles. The number of pyridine rings is 1. The molecule has 0 aliphatic rings. The molecule has 0 fully saturated rings. The third kappa shape index (κ3) is 3.26. The Bertz CT molecular complexity index is 766. The van der Waals surface area contributed by atoms with Gasteiger partial charge in [-0.25, -0.2) is 0 Å². The van der Waals surface area contributed by atoms with E-state index in [0.717, 1.165) is 27.9 Å². The molecule has 0 saturated heterocycles. The highest BCUT2D eigenvalue weighted by atomic mass is 16.5. The van der Waals surface area contributed by atoms with Gasteiger partial charge >= 0.3 is 0 Å². The predicted molar refractivity (Wildman–Crippen MR) is 88.0 cm³/mol. The number of hydrogen-bond donors (Lipinski definition) is 0. The molecule has 1 heterocycles. The highest BCUT2D eigenvalue weighted by molar-refractivity contribution is 5.82. The summed E-state index contributed by atoms with van der Waals surface area (Å²) in [6.07, 6.45) is 0. The van der Waals surface area contributed by atoms with Crippen LogP contribution in [-0.4, -0.2) is 12.1 Å². The SMILES string of the molecule is COCc1cc(COc2ccc(C)cc2)c2ccccc2n1. The van der Waals surface area contributed by atoms with Crippen LogP contribution < -0.4 is 4.74 Å². The average Bonchev–Trinajstić information content (AvgIpc) is 2.54. The van der Waals surface area contributed by atoms with Crippen LogP contribution >= 0.6 is 0 Å². The molecule has 22 heavy (non-hydrogen) atoms. The smallest absolute Gasteiger partial charge is 0.119 e. The van der Waals surface area contributed by atoms with Gasteiger partial charge in [0.05, 0.1) is 17.8 Å². The van der Waals surface area contributed by atoms with E-state index < -0.39 is 0 Å². The van der Waals surface area contributed by atoms with Crippen LogP contribution in [0, 0.1) is 6.92 Å². The van der Waals surface area contributed by atoms with Crippen molar-refractivity contribution in [2.24, 2.45) is 0 Å². The zero-order valence-electron chi connectivity index (χ0n) is 12.9. The maximum atomic E-state index is 5.92. The molecule has 3 nitrogen and oxygen atoms in total. The van der Waals surface area contributed by atoms with Crippen molar-refractivity contribution in [3.8, 4) is 5.75 Å². The Balaban J connectivity index is 1.89. The first-order valence-corrected chi connectivity index (χ1v) is 7.32. The predicted octanol–water partition coefficient (Wildman–Crippen LogP) is 4.27. The first-order chi connectivity index (χ1) is 10.8. The number of methoxy groups -OCH3 is 1. The fraction of sp³-hybridized carbons (Fsp3) is 0.211. The van der Waals surface area contributed by atoms with Crippen LogP contribution in [0.4, 0.5) is 0 Å². The second-order valence-corrected chi connectivity index (χ2v) is 5.32. The first-order valence-electron chi connectivity index (χ1n) is 7.32. The number of aromatic nitrogens is 1. The number of ether oxygens (including phenoxy) is 2. The second-order valence-electron chi connectivity index (χ2n) is 5.32. The fourth-order valence-electron chi connectivity index (χ4n) is 2.45. The molecule has 0 N–H and O–H groups in total. The van der Waals surface area contributed by atoms with E-state index in [0.29, 0.717) is 13.2 Å². The molecule has 112 valence electrons.